The number of benzene rings is 2. The van der Waals surface area contributed by atoms with E-state index in [1.165, 1.54) is 0 Å². The zero-order valence-corrected chi connectivity index (χ0v) is 14.3. The summed E-state index contributed by atoms with van der Waals surface area (Å²) in [5.74, 6) is -2.94. The summed E-state index contributed by atoms with van der Waals surface area (Å²) in [5, 5.41) is 0. The van der Waals surface area contributed by atoms with E-state index in [4.69, 9.17) is 4.74 Å². The molecule has 1 amide bonds. The van der Waals surface area contributed by atoms with Crippen LogP contribution in [0.3, 0.4) is 0 Å². The molecule has 134 valence electrons. The SMILES string of the molecule is Cc1ccc(OCC(=O)NNS(=O)(=O)c2c(F)cccc2F)cc1C. The Labute approximate surface area is 143 Å². The number of halogens is 2. The third-order valence-corrected chi connectivity index (χ3v) is 4.66. The zero-order chi connectivity index (χ0) is 18.6. The molecule has 0 fully saturated rings. The lowest BCUT2D eigenvalue weighted by molar-refractivity contribution is -0.123. The maximum Gasteiger partial charge on any atom is 0.272 e. The van der Waals surface area contributed by atoms with Crippen molar-refractivity contribution in [3.63, 3.8) is 0 Å². The molecule has 0 aromatic heterocycles. The Bertz CT molecular complexity index is 881. The molecule has 0 atom stereocenters. The maximum absolute atomic E-state index is 13.5. The summed E-state index contributed by atoms with van der Waals surface area (Å²) < 4.78 is 56.0. The van der Waals surface area contributed by atoms with Crippen LogP contribution in [0, 0.1) is 25.5 Å². The zero-order valence-electron chi connectivity index (χ0n) is 13.5. The van der Waals surface area contributed by atoms with Gasteiger partial charge in [-0.05, 0) is 49.2 Å². The van der Waals surface area contributed by atoms with Crippen LogP contribution >= 0.6 is 0 Å². The maximum atomic E-state index is 13.5. The van der Waals surface area contributed by atoms with E-state index < -0.39 is 39.1 Å². The van der Waals surface area contributed by atoms with Gasteiger partial charge in [-0.2, -0.15) is 0 Å². The Kier molecular flexibility index (Phi) is 5.70. The molecule has 0 unspecified atom stereocenters. The van der Waals surface area contributed by atoms with E-state index in [1.807, 2.05) is 25.3 Å². The number of nitrogens with one attached hydrogen (secondary N) is 2. The van der Waals surface area contributed by atoms with Gasteiger partial charge in [0.2, 0.25) is 0 Å². The number of hydrogen-bond acceptors (Lipinski definition) is 4. The van der Waals surface area contributed by atoms with Crippen molar-refractivity contribution >= 4 is 15.9 Å². The summed E-state index contributed by atoms with van der Waals surface area (Å²) >= 11 is 0. The minimum Gasteiger partial charge on any atom is -0.484 e. The van der Waals surface area contributed by atoms with Gasteiger partial charge < -0.3 is 4.74 Å². The highest BCUT2D eigenvalue weighted by molar-refractivity contribution is 7.89. The first-order valence-corrected chi connectivity index (χ1v) is 8.64. The molecule has 0 spiro atoms. The lowest BCUT2D eigenvalue weighted by atomic mass is 10.1. The number of hydrogen-bond donors (Lipinski definition) is 2. The molecule has 0 aliphatic carbocycles. The lowest BCUT2D eigenvalue weighted by Gasteiger charge is -2.11. The Hall–Kier alpha value is -2.52. The third-order valence-electron chi connectivity index (χ3n) is 3.36. The van der Waals surface area contributed by atoms with Gasteiger partial charge in [-0.25, -0.2) is 17.2 Å². The highest BCUT2D eigenvalue weighted by Crippen LogP contribution is 2.18. The van der Waals surface area contributed by atoms with Crippen molar-refractivity contribution in [2.75, 3.05) is 6.61 Å². The summed E-state index contributed by atoms with van der Waals surface area (Å²) in [6.07, 6.45) is 0. The van der Waals surface area contributed by atoms with Crippen molar-refractivity contribution in [1.82, 2.24) is 10.3 Å². The second kappa shape index (κ2) is 7.58. The molecular formula is C16H16F2N2O4S. The fourth-order valence-corrected chi connectivity index (χ4v) is 2.90. The highest BCUT2D eigenvalue weighted by atomic mass is 32.2. The van der Waals surface area contributed by atoms with E-state index in [9.17, 15) is 22.0 Å². The standard InChI is InChI=1S/C16H16F2N2O4S/c1-10-6-7-12(8-11(10)2)24-9-15(21)19-20-25(22,23)16-13(17)4-3-5-14(16)18/h3-8,20H,9H2,1-2H3,(H,19,21). The molecule has 9 heteroatoms. The fourth-order valence-electron chi connectivity index (χ4n) is 1.90. The van der Waals surface area contributed by atoms with E-state index in [0.29, 0.717) is 5.75 Å². The molecule has 2 N–H and O–H groups in total. The topological polar surface area (TPSA) is 84.5 Å². The van der Waals surface area contributed by atoms with Gasteiger partial charge in [0.05, 0.1) is 0 Å². The smallest absolute Gasteiger partial charge is 0.272 e. The Morgan fingerprint density at radius 3 is 2.32 bits per heavy atom. The van der Waals surface area contributed by atoms with E-state index in [2.05, 4.69) is 0 Å². The number of rotatable bonds is 6. The van der Waals surface area contributed by atoms with Gasteiger partial charge >= 0.3 is 0 Å². The molecule has 2 aromatic rings. The Balaban J connectivity index is 1.96. The quantitative estimate of drug-likeness (QED) is 0.762. The van der Waals surface area contributed by atoms with Gasteiger partial charge in [0, 0.05) is 0 Å². The molecule has 0 aliphatic rings. The number of hydrazine groups is 1. The predicted octanol–water partition coefficient (Wildman–Crippen LogP) is 1.97. The monoisotopic (exact) mass is 370 g/mol. The summed E-state index contributed by atoms with van der Waals surface area (Å²) in [5.41, 5.74) is 3.86. The first kappa shape index (κ1) is 18.8. The molecule has 2 rings (SSSR count). The van der Waals surface area contributed by atoms with Gasteiger partial charge in [0.15, 0.2) is 11.5 Å². The largest absolute Gasteiger partial charge is 0.484 e. The van der Waals surface area contributed by atoms with Crippen molar-refractivity contribution in [2.24, 2.45) is 0 Å². The molecule has 0 radical (unpaired) electrons. The van der Waals surface area contributed by atoms with Crippen LogP contribution in [0.5, 0.6) is 5.75 Å². The molecule has 0 bridgehead atoms. The average Bonchev–Trinajstić information content (AvgIpc) is 2.54. The fraction of sp³-hybridized carbons (Fsp3) is 0.188. The Morgan fingerprint density at radius 1 is 1.08 bits per heavy atom. The molecule has 0 saturated heterocycles. The van der Waals surface area contributed by atoms with Gasteiger partial charge in [-0.15, -0.1) is 4.83 Å². The van der Waals surface area contributed by atoms with Gasteiger partial charge in [-0.3, -0.25) is 10.2 Å². The van der Waals surface area contributed by atoms with Crippen LogP contribution in [0.15, 0.2) is 41.3 Å². The molecule has 6 nitrogen and oxygen atoms in total. The van der Waals surface area contributed by atoms with Gasteiger partial charge in [-0.1, -0.05) is 12.1 Å². The highest BCUT2D eigenvalue weighted by Gasteiger charge is 2.24. The van der Waals surface area contributed by atoms with Crippen LogP contribution in [0.25, 0.3) is 0 Å². The number of amides is 1. The summed E-state index contributed by atoms with van der Waals surface area (Å²) in [4.78, 5) is 12.1. The number of ether oxygens (including phenoxy) is 1. The molecule has 0 saturated carbocycles. The molecule has 2 aromatic carbocycles. The molecule has 25 heavy (non-hydrogen) atoms. The van der Waals surface area contributed by atoms with E-state index in [-0.39, 0.29) is 0 Å². The number of carbonyl (C=O) groups excluding carboxylic acids is 1. The van der Waals surface area contributed by atoms with Crippen molar-refractivity contribution in [2.45, 2.75) is 18.7 Å². The summed E-state index contributed by atoms with van der Waals surface area (Å²) in [6, 6.07) is 7.81. The summed E-state index contributed by atoms with van der Waals surface area (Å²) in [7, 11) is -4.60. The van der Waals surface area contributed by atoms with Crippen molar-refractivity contribution < 1.29 is 26.7 Å². The molecule has 0 heterocycles. The lowest BCUT2D eigenvalue weighted by Crippen LogP contribution is -2.44. The Morgan fingerprint density at radius 2 is 1.72 bits per heavy atom. The minimum absolute atomic E-state index is 0.432. The third kappa shape index (κ3) is 4.74. The van der Waals surface area contributed by atoms with Crippen molar-refractivity contribution in [3.8, 4) is 5.75 Å². The normalized spacial score (nSPS) is 11.2. The van der Waals surface area contributed by atoms with Crippen LogP contribution in [-0.4, -0.2) is 20.9 Å². The van der Waals surface area contributed by atoms with Crippen LogP contribution in [0.2, 0.25) is 0 Å². The molecule has 0 aliphatic heterocycles. The number of aryl methyl sites for hydroxylation is 2. The first-order chi connectivity index (χ1) is 11.7. The first-order valence-electron chi connectivity index (χ1n) is 7.15. The second-order valence-corrected chi connectivity index (χ2v) is 6.86. The van der Waals surface area contributed by atoms with E-state index in [0.717, 1.165) is 29.3 Å². The molecular weight excluding hydrogens is 354 g/mol. The minimum atomic E-state index is -4.60. The summed E-state index contributed by atoms with van der Waals surface area (Å²) in [6.45, 7) is 3.31. The van der Waals surface area contributed by atoms with E-state index in [1.54, 1.807) is 17.0 Å². The van der Waals surface area contributed by atoms with Gasteiger partial charge in [0.25, 0.3) is 15.9 Å². The van der Waals surface area contributed by atoms with Crippen LogP contribution < -0.4 is 15.0 Å². The predicted molar refractivity (Wildman–Crippen MR) is 86.2 cm³/mol. The number of carbonyl (C=O) groups is 1. The van der Waals surface area contributed by atoms with Gasteiger partial charge in [0.1, 0.15) is 17.4 Å². The second-order valence-electron chi connectivity index (χ2n) is 5.24. The average molecular weight is 370 g/mol. The van der Waals surface area contributed by atoms with Crippen LogP contribution in [-0.2, 0) is 14.8 Å². The van der Waals surface area contributed by atoms with Crippen molar-refractivity contribution in [3.05, 3.63) is 59.2 Å². The number of sulfonamides is 1. The van der Waals surface area contributed by atoms with E-state index >= 15 is 0 Å². The van der Waals surface area contributed by atoms with Crippen LogP contribution in [0.4, 0.5) is 8.78 Å². The van der Waals surface area contributed by atoms with Crippen molar-refractivity contribution in [1.29, 1.82) is 0 Å². The van der Waals surface area contributed by atoms with Crippen LogP contribution in [0.1, 0.15) is 11.1 Å².